The van der Waals surface area contributed by atoms with E-state index in [1.165, 1.54) is 0 Å². The Balaban J connectivity index is 2.28. The van der Waals surface area contributed by atoms with Gasteiger partial charge in [-0.25, -0.2) is 4.79 Å². The maximum Gasteiger partial charge on any atom is 0.327 e. The molecule has 17 heavy (non-hydrogen) atoms. The highest BCUT2D eigenvalue weighted by atomic mass is 32.1. The van der Waals surface area contributed by atoms with Crippen molar-refractivity contribution in [2.24, 2.45) is 0 Å². The van der Waals surface area contributed by atoms with E-state index >= 15 is 0 Å². The molecule has 0 saturated heterocycles. The van der Waals surface area contributed by atoms with Gasteiger partial charge in [0.05, 0.1) is 5.69 Å². The van der Waals surface area contributed by atoms with Gasteiger partial charge in [-0.3, -0.25) is 14.5 Å². The summed E-state index contributed by atoms with van der Waals surface area (Å²) in [5, 5.41) is 0. The van der Waals surface area contributed by atoms with Gasteiger partial charge in [-0.1, -0.05) is 12.2 Å². The number of hydrogen-bond donors (Lipinski definition) is 1. The molecule has 4 nitrogen and oxygen atoms in total. The summed E-state index contributed by atoms with van der Waals surface area (Å²) in [6.45, 7) is 0. The molecule has 1 fully saturated rings. The monoisotopic (exact) mass is 245 g/mol. The summed E-state index contributed by atoms with van der Waals surface area (Å²) in [6.07, 6.45) is 5.57. The van der Waals surface area contributed by atoms with E-state index < -0.39 is 0 Å². The summed E-state index contributed by atoms with van der Waals surface area (Å²) in [4.78, 5) is 18.7. The lowest BCUT2D eigenvalue weighted by Gasteiger charge is -2.10. The molecule has 0 amide bonds. The van der Waals surface area contributed by atoms with Gasteiger partial charge in [-0.2, -0.15) is 0 Å². The van der Waals surface area contributed by atoms with Crippen LogP contribution in [0.4, 0.5) is 0 Å². The molecular weight excluding hydrogens is 234 g/mol. The van der Waals surface area contributed by atoms with Crippen molar-refractivity contribution in [1.82, 2.24) is 14.5 Å². The maximum absolute atomic E-state index is 11.9. The minimum atomic E-state index is -0.126. The topological polar surface area (TPSA) is 50.7 Å². The number of rotatable bonds is 2. The second-order valence-electron chi connectivity index (χ2n) is 4.17. The molecule has 86 valence electrons. The summed E-state index contributed by atoms with van der Waals surface area (Å²) in [7, 11) is 0. The van der Waals surface area contributed by atoms with E-state index in [1.54, 1.807) is 17.0 Å². The van der Waals surface area contributed by atoms with Crippen molar-refractivity contribution < 1.29 is 0 Å². The van der Waals surface area contributed by atoms with E-state index in [0.717, 1.165) is 24.1 Å². The Kier molecular flexibility index (Phi) is 2.40. The van der Waals surface area contributed by atoms with Gasteiger partial charge in [0.25, 0.3) is 0 Å². The van der Waals surface area contributed by atoms with Crippen LogP contribution in [-0.2, 0) is 0 Å². The number of hydrogen-bond acceptors (Lipinski definition) is 3. The Labute approximate surface area is 103 Å². The fraction of sp³-hybridized carbons (Fsp3) is 0.250. The Morgan fingerprint density at radius 3 is 2.94 bits per heavy atom. The van der Waals surface area contributed by atoms with E-state index in [2.05, 4.69) is 9.97 Å². The van der Waals surface area contributed by atoms with Crippen molar-refractivity contribution in [1.29, 1.82) is 0 Å². The molecule has 2 heterocycles. The van der Waals surface area contributed by atoms with E-state index in [-0.39, 0.29) is 5.69 Å². The van der Waals surface area contributed by atoms with Gasteiger partial charge in [0.15, 0.2) is 0 Å². The molecule has 2 aromatic heterocycles. The van der Waals surface area contributed by atoms with Gasteiger partial charge < -0.3 is 0 Å². The van der Waals surface area contributed by atoms with Gasteiger partial charge in [-0.05, 0) is 31.0 Å². The van der Waals surface area contributed by atoms with Gasteiger partial charge in [0, 0.05) is 24.0 Å². The van der Waals surface area contributed by atoms with E-state index in [4.69, 9.17) is 12.2 Å². The predicted molar refractivity (Wildman–Crippen MR) is 67.4 cm³/mol. The molecule has 1 N–H and O–H groups in total. The zero-order chi connectivity index (χ0) is 11.8. The van der Waals surface area contributed by atoms with Crippen LogP contribution in [0.5, 0.6) is 0 Å². The lowest BCUT2D eigenvalue weighted by Crippen LogP contribution is -2.23. The number of aromatic nitrogens is 3. The maximum atomic E-state index is 11.9. The van der Waals surface area contributed by atoms with Crippen LogP contribution in [-0.4, -0.2) is 14.5 Å². The molecule has 1 aliphatic carbocycles. The van der Waals surface area contributed by atoms with Gasteiger partial charge in [0.1, 0.15) is 4.64 Å². The van der Waals surface area contributed by atoms with Crippen LogP contribution in [0.3, 0.4) is 0 Å². The van der Waals surface area contributed by atoms with Crippen molar-refractivity contribution in [2.45, 2.75) is 18.9 Å². The summed E-state index contributed by atoms with van der Waals surface area (Å²) < 4.78 is 2.25. The molecule has 5 heteroatoms. The van der Waals surface area contributed by atoms with E-state index in [1.807, 2.05) is 18.2 Å². The second-order valence-corrected chi connectivity index (χ2v) is 4.61. The third-order valence-electron chi connectivity index (χ3n) is 2.85. The molecule has 3 rings (SSSR count). The normalized spacial score (nSPS) is 14.8. The lowest BCUT2D eigenvalue weighted by molar-refractivity contribution is 0.687. The molecule has 0 aliphatic heterocycles. The molecular formula is C12H11N3OS. The lowest BCUT2D eigenvalue weighted by atomic mass is 10.2. The molecule has 0 aromatic carbocycles. The minimum Gasteiger partial charge on any atom is -0.298 e. The Morgan fingerprint density at radius 1 is 1.47 bits per heavy atom. The van der Waals surface area contributed by atoms with Crippen molar-refractivity contribution >= 4 is 12.2 Å². The van der Waals surface area contributed by atoms with Crippen LogP contribution >= 0.6 is 12.2 Å². The SMILES string of the molecule is O=c1[nH]c(=S)cc(-c2cccnc2)n1C1CC1. The van der Waals surface area contributed by atoms with Crippen LogP contribution < -0.4 is 5.69 Å². The Hall–Kier alpha value is -1.75. The first-order chi connectivity index (χ1) is 8.25. The largest absolute Gasteiger partial charge is 0.327 e. The van der Waals surface area contributed by atoms with Crippen molar-refractivity contribution in [2.75, 3.05) is 0 Å². The molecule has 0 atom stereocenters. The predicted octanol–water partition coefficient (Wildman–Crippen LogP) is 2.30. The molecule has 0 unspecified atom stereocenters. The highest BCUT2D eigenvalue weighted by Gasteiger charge is 2.27. The van der Waals surface area contributed by atoms with Crippen LogP contribution in [0.25, 0.3) is 11.3 Å². The molecule has 2 aromatic rings. The third kappa shape index (κ3) is 1.93. The number of pyridine rings is 1. The number of H-pyrrole nitrogens is 1. The minimum absolute atomic E-state index is 0.126. The second kappa shape index (κ2) is 3.92. The smallest absolute Gasteiger partial charge is 0.298 e. The van der Waals surface area contributed by atoms with E-state index in [0.29, 0.717) is 10.7 Å². The van der Waals surface area contributed by atoms with E-state index in [9.17, 15) is 4.79 Å². The molecule has 1 saturated carbocycles. The van der Waals surface area contributed by atoms with Crippen LogP contribution in [0.1, 0.15) is 18.9 Å². The first-order valence-electron chi connectivity index (χ1n) is 5.52. The summed E-state index contributed by atoms with van der Waals surface area (Å²) in [6, 6.07) is 5.93. The molecule has 0 spiro atoms. The van der Waals surface area contributed by atoms with Crippen LogP contribution in [0.2, 0.25) is 0 Å². The Morgan fingerprint density at radius 2 is 2.29 bits per heavy atom. The van der Waals surface area contributed by atoms with Crippen LogP contribution in [0, 0.1) is 4.64 Å². The average molecular weight is 245 g/mol. The molecule has 1 aliphatic rings. The highest BCUT2D eigenvalue weighted by molar-refractivity contribution is 7.71. The molecule has 0 radical (unpaired) electrons. The summed E-state index contributed by atoms with van der Waals surface area (Å²) >= 11 is 5.06. The van der Waals surface area contributed by atoms with Crippen molar-refractivity contribution in [3.63, 3.8) is 0 Å². The first kappa shape index (κ1) is 10.4. The van der Waals surface area contributed by atoms with Crippen molar-refractivity contribution in [3.8, 4) is 11.3 Å². The van der Waals surface area contributed by atoms with Gasteiger partial charge in [-0.15, -0.1) is 0 Å². The third-order valence-corrected chi connectivity index (χ3v) is 3.07. The number of aromatic amines is 1. The standard InChI is InChI=1S/C12H11N3OS/c16-12-14-11(17)6-10(15(12)9-3-4-9)8-2-1-5-13-7-8/h1-2,5-7,9H,3-4H2,(H,14,16,17). The zero-order valence-corrected chi connectivity index (χ0v) is 9.91. The van der Waals surface area contributed by atoms with Crippen LogP contribution in [0.15, 0.2) is 35.4 Å². The quantitative estimate of drug-likeness (QED) is 0.826. The number of nitrogens with zero attached hydrogens (tertiary/aromatic N) is 2. The fourth-order valence-corrected chi connectivity index (χ4v) is 2.14. The zero-order valence-electron chi connectivity index (χ0n) is 9.09. The first-order valence-corrected chi connectivity index (χ1v) is 5.93. The number of nitrogens with one attached hydrogen (secondary N) is 1. The average Bonchev–Trinajstić information content (AvgIpc) is 3.13. The van der Waals surface area contributed by atoms with Crippen molar-refractivity contribution in [3.05, 3.63) is 45.7 Å². The summed E-state index contributed by atoms with van der Waals surface area (Å²) in [5.74, 6) is 0. The Bertz CT molecular complexity index is 655. The fourth-order valence-electron chi connectivity index (χ4n) is 1.94. The molecule has 0 bridgehead atoms. The van der Waals surface area contributed by atoms with Gasteiger partial charge >= 0.3 is 5.69 Å². The highest BCUT2D eigenvalue weighted by Crippen LogP contribution is 2.36. The summed E-state index contributed by atoms with van der Waals surface area (Å²) in [5.41, 5.74) is 1.66. The van der Waals surface area contributed by atoms with Gasteiger partial charge in [0.2, 0.25) is 0 Å².